The highest BCUT2D eigenvalue weighted by Gasteiger charge is 2.21. The fraction of sp³-hybridized carbons (Fsp3) is 0.444. The van der Waals surface area contributed by atoms with E-state index in [9.17, 15) is 5.11 Å². The molecule has 7 heteroatoms. The highest BCUT2D eigenvalue weighted by molar-refractivity contribution is 5.54. The van der Waals surface area contributed by atoms with Gasteiger partial charge < -0.3 is 24.8 Å². The van der Waals surface area contributed by atoms with Crippen LogP contribution in [0.15, 0.2) is 24.5 Å². The molecular weight excluding hydrogens is 320 g/mol. The number of anilines is 2. The lowest BCUT2D eigenvalue weighted by Gasteiger charge is -2.30. The van der Waals surface area contributed by atoms with Crippen molar-refractivity contribution >= 4 is 11.6 Å². The molecule has 0 spiro atoms. The Morgan fingerprint density at radius 3 is 2.56 bits per heavy atom. The molecule has 0 amide bonds. The maximum absolute atomic E-state index is 9.18. The topological polar surface area (TPSA) is 79.7 Å². The lowest BCUT2D eigenvalue weighted by atomic mass is 9.99. The van der Waals surface area contributed by atoms with E-state index < -0.39 is 0 Å². The number of rotatable bonds is 6. The first-order chi connectivity index (χ1) is 12.1. The number of fused-ring (bicyclic) bond motifs is 1. The van der Waals surface area contributed by atoms with Gasteiger partial charge in [0.15, 0.2) is 11.5 Å². The number of ether oxygens (including phenoxy) is 2. The van der Waals surface area contributed by atoms with Gasteiger partial charge in [0, 0.05) is 25.2 Å². The number of nitrogens with one attached hydrogen (secondary N) is 1. The summed E-state index contributed by atoms with van der Waals surface area (Å²) >= 11 is 0. The molecule has 2 aromatic rings. The predicted octanol–water partition coefficient (Wildman–Crippen LogP) is 1.85. The van der Waals surface area contributed by atoms with E-state index in [-0.39, 0.29) is 12.6 Å². The second kappa shape index (κ2) is 7.57. The van der Waals surface area contributed by atoms with Gasteiger partial charge in [-0.2, -0.15) is 0 Å². The minimum atomic E-state index is -0.0541. The zero-order valence-corrected chi connectivity index (χ0v) is 14.8. The molecule has 1 aliphatic heterocycles. The van der Waals surface area contributed by atoms with Crippen LogP contribution < -0.4 is 19.7 Å². The van der Waals surface area contributed by atoms with Crippen LogP contribution in [-0.2, 0) is 13.0 Å². The number of hydrogen-bond donors (Lipinski definition) is 2. The number of methoxy groups -OCH3 is 2. The zero-order chi connectivity index (χ0) is 17.8. The van der Waals surface area contributed by atoms with Gasteiger partial charge in [0.2, 0.25) is 0 Å². The number of aliphatic hydroxyl groups excluding tert-OH is 1. The van der Waals surface area contributed by atoms with Crippen molar-refractivity contribution in [2.75, 3.05) is 37.6 Å². The molecule has 0 bridgehead atoms. The number of hydrogen-bond acceptors (Lipinski definition) is 7. The van der Waals surface area contributed by atoms with E-state index >= 15 is 0 Å². The van der Waals surface area contributed by atoms with Gasteiger partial charge in [0.05, 0.1) is 20.8 Å². The molecule has 1 atom stereocenters. The van der Waals surface area contributed by atoms with E-state index in [0.29, 0.717) is 5.82 Å². The Kier molecular flexibility index (Phi) is 5.23. The summed E-state index contributed by atoms with van der Waals surface area (Å²) < 4.78 is 10.8. The van der Waals surface area contributed by atoms with Crippen molar-refractivity contribution in [1.29, 1.82) is 0 Å². The Morgan fingerprint density at radius 1 is 1.16 bits per heavy atom. The molecule has 0 radical (unpaired) electrons. The second-order valence-electron chi connectivity index (χ2n) is 6.14. The molecule has 0 saturated heterocycles. The van der Waals surface area contributed by atoms with Crippen molar-refractivity contribution in [2.24, 2.45) is 0 Å². The first-order valence-electron chi connectivity index (χ1n) is 8.32. The second-order valence-corrected chi connectivity index (χ2v) is 6.14. The Bertz CT molecular complexity index is 738. The predicted molar refractivity (Wildman–Crippen MR) is 96.5 cm³/mol. The van der Waals surface area contributed by atoms with Gasteiger partial charge in [-0.25, -0.2) is 9.97 Å². The largest absolute Gasteiger partial charge is 0.493 e. The summed E-state index contributed by atoms with van der Waals surface area (Å²) in [6, 6.07) is 5.95. The maximum atomic E-state index is 9.18. The van der Waals surface area contributed by atoms with Crippen LogP contribution in [-0.4, -0.2) is 48.5 Å². The quantitative estimate of drug-likeness (QED) is 0.828. The van der Waals surface area contributed by atoms with Gasteiger partial charge in [-0.1, -0.05) is 0 Å². The van der Waals surface area contributed by atoms with Crippen LogP contribution in [0.5, 0.6) is 11.5 Å². The molecule has 0 unspecified atom stereocenters. The monoisotopic (exact) mass is 344 g/mol. The van der Waals surface area contributed by atoms with Gasteiger partial charge in [-0.05, 0) is 36.6 Å². The van der Waals surface area contributed by atoms with Gasteiger partial charge in [0.25, 0.3) is 0 Å². The van der Waals surface area contributed by atoms with E-state index in [4.69, 9.17) is 9.47 Å². The molecule has 7 nitrogen and oxygen atoms in total. The molecule has 3 rings (SSSR count). The number of benzene rings is 1. The molecular formula is C18H24N4O3. The summed E-state index contributed by atoms with van der Waals surface area (Å²) in [5, 5.41) is 12.3. The van der Waals surface area contributed by atoms with Gasteiger partial charge in [0.1, 0.15) is 18.0 Å². The van der Waals surface area contributed by atoms with Crippen LogP contribution in [0.3, 0.4) is 0 Å². The normalized spacial score (nSPS) is 14.6. The lowest BCUT2D eigenvalue weighted by Crippen LogP contribution is -2.31. The molecule has 1 aromatic carbocycles. The Balaban J connectivity index is 1.82. The van der Waals surface area contributed by atoms with Crippen LogP contribution in [0.2, 0.25) is 0 Å². The third-order valence-corrected chi connectivity index (χ3v) is 4.36. The minimum absolute atomic E-state index is 0.0536. The smallest absolute Gasteiger partial charge is 0.161 e. The molecule has 134 valence electrons. The zero-order valence-electron chi connectivity index (χ0n) is 14.8. The first-order valence-corrected chi connectivity index (χ1v) is 8.32. The molecule has 2 N–H and O–H groups in total. The minimum Gasteiger partial charge on any atom is -0.493 e. The first kappa shape index (κ1) is 17.3. The molecule has 25 heavy (non-hydrogen) atoms. The Morgan fingerprint density at radius 2 is 1.88 bits per heavy atom. The third-order valence-electron chi connectivity index (χ3n) is 4.36. The van der Waals surface area contributed by atoms with Crippen molar-refractivity contribution in [3.05, 3.63) is 35.7 Å². The maximum Gasteiger partial charge on any atom is 0.161 e. The van der Waals surface area contributed by atoms with E-state index in [1.807, 2.05) is 19.1 Å². The fourth-order valence-electron chi connectivity index (χ4n) is 2.98. The van der Waals surface area contributed by atoms with Gasteiger partial charge in [-0.15, -0.1) is 0 Å². The van der Waals surface area contributed by atoms with E-state index in [1.54, 1.807) is 20.5 Å². The van der Waals surface area contributed by atoms with Crippen LogP contribution in [0.4, 0.5) is 11.6 Å². The fourth-order valence-corrected chi connectivity index (χ4v) is 2.98. The van der Waals surface area contributed by atoms with Gasteiger partial charge in [-0.3, -0.25) is 0 Å². The highest BCUT2D eigenvalue weighted by atomic mass is 16.5. The Labute approximate surface area is 147 Å². The molecule has 1 aromatic heterocycles. The number of nitrogens with zero attached hydrogens (tertiary/aromatic N) is 3. The SMILES string of the molecule is COc1cc2c(cc1OC)CN(c1cc(N[C@@H](C)CO)ncn1)CC2. The summed E-state index contributed by atoms with van der Waals surface area (Å²) in [7, 11) is 3.30. The van der Waals surface area contributed by atoms with Crippen molar-refractivity contribution in [3.63, 3.8) is 0 Å². The van der Waals surface area contributed by atoms with E-state index in [1.165, 1.54) is 11.1 Å². The average Bonchev–Trinajstić information content (AvgIpc) is 2.66. The van der Waals surface area contributed by atoms with Crippen LogP contribution in [0.25, 0.3) is 0 Å². The average molecular weight is 344 g/mol. The molecule has 0 saturated carbocycles. The van der Waals surface area contributed by atoms with Gasteiger partial charge >= 0.3 is 0 Å². The molecule has 0 aliphatic carbocycles. The standard InChI is InChI=1S/C18H24N4O3/c1-12(10-23)21-17-8-18(20-11-19-17)22-5-4-13-6-15(24-2)16(25-3)7-14(13)9-22/h6-8,11-12,23H,4-5,9-10H2,1-3H3,(H,19,20,21)/t12-/m0/s1. The molecule has 0 fully saturated rings. The van der Waals surface area contributed by atoms with Crippen molar-refractivity contribution in [3.8, 4) is 11.5 Å². The summed E-state index contributed by atoms with van der Waals surface area (Å²) in [5.41, 5.74) is 2.48. The summed E-state index contributed by atoms with van der Waals surface area (Å²) in [6.07, 6.45) is 2.46. The summed E-state index contributed by atoms with van der Waals surface area (Å²) in [5.74, 6) is 3.08. The molecule has 2 heterocycles. The van der Waals surface area contributed by atoms with E-state index in [0.717, 1.165) is 36.8 Å². The summed E-state index contributed by atoms with van der Waals surface area (Å²) in [4.78, 5) is 10.8. The molecule has 1 aliphatic rings. The number of aromatic nitrogens is 2. The number of aliphatic hydroxyl groups is 1. The highest BCUT2D eigenvalue weighted by Crippen LogP contribution is 2.34. The van der Waals surface area contributed by atoms with Crippen molar-refractivity contribution in [1.82, 2.24) is 9.97 Å². The van der Waals surface area contributed by atoms with Crippen molar-refractivity contribution in [2.45, 2.75) is 25.9 Å². The van der Waals surface area contributed by atoms with Crippen LogP contribution in [0.1, 0.15) is 18.1 Å². The Hall–Kier alpha value is -2.54. The van der Waals surface area contributed by atoms with Crippen molar-refractivity contribution < 1.29 is 14.6 Å². The third kappa shape index (κ3) is 3.76. The van der Waals surface area contributed by atoms with Crippen LogP contribution in [0, 0.1) is 0 Å². The lowest BCUT2D eigenvalue weighted by molar-refractivity contribution is 0.281. The van der Waals surface area contributed by atoms with E-state index in [2.05, 4.69) is 26.3 Å². The van der Waals surface area contributed by atoms with Crippen LogP contribution >= 0.6 is 0 Å². The summed E-state index contributed by atoms with van der Waals surface area (Å²) in [6.45, 7) is 3.58.